The van der Waals surface area contributed by atoms with Crippen molar-refractivity contribution in [1.82, 2.24) is 0 Å². The number of carbonyl (C=O) groups excluding carboxylic acids is 1. The molecule has 1 rings (SSSR count). The molecule has 0 N–H and O–H groups in total. The first-order chi connectivity index (χ1) is 8.04. The van der Waals surface area contributed by atoms with Crippen molar-refractivity contribution in [2.75, 3.05) is 6.61 Å². The van der Waals surface area contributed by atoms with Crippen LogP contribution in [0.3, 0.4) is 0 Å². The van der Waals surface area contributed by atoms with E-state index in [-0.39, 0.29) is 11.7 Å². The topological polar surface area (TPSA) is 69.4 Å². The molecule has 1 aromatic carbocycles. The van der Waals surface area contributed by atoms with Crippen molar-refractivity contribution < 1.29 is 14.5 Å². The van der Waals surface area contributed by atoms with Crippen molar-refractivity contribution in [3.63, 3.8) is 0 Å². The quantitative estimate of drug-likeness (QED) is 0.362. The van der Waals surface area contributed by atoms with Crippen LogP contribution in [0.15, 0.2) is 24.3 Å². The van der Waals surface area contributed by atoms with Gasteiger partial charge in [-0.15, -0.1) is 0 Å². The molecule has 1 atom stereocenters. The number of nitro benzene ring substituents is 1. The van der Waals surface area contributed by atoms with Crippen LogP contribution >= 0.6 is 15.9 Å². The molecule has 17 heavy (non-hydrogen) atoms. The minimum atomic E-state index is -0.482. The summed E-state index contributed by atoms with van der Waals surface area (Å²) in [7, 11) is 0. The van der Waals surface area contributed by atoms with Crippen molar-refractivity contribution in [2.24, 2.45) is 0 Å². The zero-order valence-corrected chi connectivity index (χ0v) is 10.8. The van der Waals surface area contributed by atoms with E-state index in [0.29, 0.717) is 18.6 Å². The molecule has 0 amide bonds. The number of alkyl halides is 1. The molecule has 0 spiro atoms. The van der Waals surface area contributed by atoms with Crippen molar-refractivity contribution in [2.45, 2.75) is 18.2 Å². The Morgan fingerprint density at radius 3 is 2.88 bits per heavy atom. The number of hydrogen-bond donors (Lipinski definition) is 0. The molecule has 0 radical (unpaired) electrons. The molecule has 6 heteroatoms. The van der Waals surface area contributed by atoms with Gasteiger partial charge in [0.15, 0.2) is 0 Å². The molecule has 0 saturated carbocycles. The second kappa shape index (κ2) is 6.34. The number of nitrogens with zero attached hydrogens (tertiary/aromatic N) is 1. The Kier molecular flexibility index (Phi) is 5.09. The average molecular weight is 302 g/mol. The number of nitro groups is 1. The molecule has 0 heterocycles. The Bertz CT molecular complexity index is 422. The maximum atomic E-state index is 11.4. The Morgan fingerprint density at radius 2 is 2.29 bits per heavy atom. The highest BCUT2D eigenvalue weighted by atomic mass is 79.9. The van der Waals surface area contributed by atoms with Crippen LogP contribution in [0.4, 0.5) is 5.69 Å². The summed E-state index contributed by atoms with van der Waals surface area (Å²) in [6.07, 6.45) is 0.362. The van der Waals surface area contributed by atoms with Gasteiger partial charge in [0.25, 0.3) is 5.69 Å². The number of ether oxygens (including phenoxy) is 1. The minimum absolute atomic E-state index is 0.0195. The molecule has 5 nitrogen and oxygen atoms in total. The summed E-state index contributed by atoms with van der Waals surface area (Å²) in [4.78, 5) is 21.0. The number of non-ortho nitro benzene ring substituents is 1. The lowest BCUT2D eigenvalue weighted by Crippen LogP contribution is -2.19. The number of halogens is 1. The van der Waals surface area contributed by atoms with Crippen LogP contribution in [0, 0.1) is 10.1 Å². The molecule has 0 fully saturated rings. The zero-order valence-electron chi connectivity index (χ0n) is 9.26. The van der Waals surface area contributed by atoms with E-state index in [1.165, 1.54) is 12.1 Å². The predicted molar refractivity (Wildman–Crippen MR) is 66.1 cm³/mol. The second-order valence-corrected chi connectivity index (χ2v) is 4.46. The van der Waals surface area contributed by atoms with Gasteiger partial charge in [-0.2, -0.15) is 0 Å². The van der Waals surface area contributed by atoms with Crippen molar-refractivity contribution in [3.8, 4) is 0 Å². The number of esters is 1. The molecule has 1 aromatic rings. The maximum Gasteiger partial charge on any atom is 0.320 e. The molecule has 0 aliphatic carbocycles. The fourth-order valence-electron chi connectivity index (χ4n) is 1.32. The molecule has 0 aliphatic rings. The van der Waals surface area contributed by atoms with Gasteiger partial charge in [0.1, 0.15) is 4.83 Å². The summed E-state index contributed by atoms with van der Waals surface area (Å²) < 4.78 is 4.83. The smallest absolute Gasteiger partial charge is 0.320 e. The first-order valence-corrected chi connectivity index (χ1v) is 6.00. The third-order valence-corrected chi connectivity index (χ3v) is 2.78. The van der Waals surface area contributed by atoms with E-state index in [1.807, 2.05) is 0 Å². The predicted octanol–water partition coefficient (Wildman–Crippen LogP) is 2.46. The molecule has 0 aliphatic heterocycles. The highest BCUT2D eigenvalue weighted by Gasteiger charge is 2.17. The van der Waals surface area contributed by atoms with Gasteiger partial charge in [0.2, 0.25) is 0 Å². The van der Waals surface area contributed by atoms with Gasteiger partial charge in [-0.1, -0.05) is 28.1 Å². The van der Waals surface area contributed by atoms with Crippen LogP contribution < -0.4 is 0 Å². The van der Waals surface area contributed by atoms with Crippen LogP contribution in [0.1, 0.15) is 12.5 Å². The Labute approximate surface area is 107 Å². The minimum Gasteiger partial charge on any atom is -0.465 e. The standard InChI is InChI=1S/C11H12BrNO4/c1-2-17-11(14)10(12)7-8-4-3-5-9(6-8)13(15)16/h3-6,10H,2,7H2,1H3. The van der Waals surface area contributed by atoms with Crippen molar-refractivity contribution in [1.29, 1.82) is 0 Å². The normalized spacial score (nSPS) is 11.9. The van der Waals surface area contributed by atoms with Gasteiger partial charge < -0.3 is 4.74 Å². The van der Waals surface area contributed by atoms with Gasteiger partial charge in [0, 0.05) is 12.1 Å². The van der Waals surface area contributed by atoms with E-state index in [1.54, 1.807) is 19.1 Å². The number of benzene rings is 1. The lowest BCUT2D eigenvalue weighted by atomic mass is 10.1. The van der Waals surface area contributed by atoms with Gasteiger partial charge in [0.05, 0.1) is 11.5 Å². The summed E-state index contributed by atoms with van der Waals surface area (Å²) in [6.45, 7) is 2.04. The van der Waals surface area contributed by atoms with E-state index in [2.05, 4.69) is 15.9 Å². The highest BCUT2D eigenvalue weighted by molar-refractivity contribution is 9.10. The third-order valence-electron chi connectivity index (χ3n) is 2.08. The van der Waals surface area contributed by atoms with Crippen LogP contribution in [0.2, 0.25) is 0 Å². The van der Waals surface area contributed by atoms with E-state index in [9.17, 15) is 14.9 Å². The molecule has 0 saturated heterocycles. The van der Waals surface area contributed by atoms with E-state index < -0.39 is 9.75 Å². The molecular weight excluding hydrogens is 290 g/mol. The monoisotopic (exact) mass is 301 g/mol. The molecule has 1 unspecified atom stereocenters. The summed E-state index contributed by atoms with van der Waals surface area (Å²) in [5, 5.41) is 10.6. The van der Waals surface area contributed by atoms with E-state index in [0.717, 1.165) is 0 Å². The number of hydrogen-bond acceptors (Lipinski definition) is 4. The van der Waals surface area contributed by atoms with Crippen LogP contribution in [-0.2, 0) is 16.0 Å². The first kappa shape index (κ1) is 13.6. The highest BCUT2D eigenvalue weighted by Crippen LogP contribution is 2.17. The van der Waals surface area contributed by atoms with Gasteiger partial charge in [-0.25, -0.2) is 0 Å². The lowest BCUT2D eigenvalue weighted by molar-refractivity contribution is -0.384. The van der Waals surface area contributed by atoms with Crippen LogP contribution in [0.25, 0.3) is 0 Å². The van der Waals surface area contributed by atoms with E-state index in [4.69, 9.17) is 4.74 Å². The maximum absolute atomic E-state index is 11.4. The Hall–Kier alpha value is -1.43. The zero-order chi connectivity index (χ0) is 12.8. The summed E-state index contributed by atoms with van der Waals surface area (Å²) in [5.74, 6) is -0.362. The third kappa shape index (κ3) is 4.14. The number of carbonyl (C=O) groups is 1. The lowest BCUT2D eigenvalue weighted by Gasteiger charge is -2.08. The largest absolute Gasteiger partial charge is 0.465 e. The second-order valence-electron chi connectivity index (χ2n) is 3.35. The van der Waals surface area contributed by atoms with Gasteiger partial charge in [-0.3, -0.25) is 14.9 Å². The SMILES string of the molecule is CCOC(=O)C(Br)Cc1cccc([N+](=O)[O-])c1. The van der Waals surface area contributed by atoms with Gasteiger partial charge >= 0.3 is 5.97 Å². The first-order valence-electron chi connectivity index (χ1n) is 5.08. The Morgan fingerprint density at radius 1 is 1.59 bits per heavy atom. The summed E-state index contributed by atoms with van der Waals surface area (Å²) in [5.41, 5.74) is 0.736. The van der Waals surface area contributed by atoms with Crippen molar-refractivity contribution >= 4 is 27.6 Å². The fourth-order valence-corrected chi connectivity index (χ4v) is 1.83. The van der Waals surface area contributed by atoms with Crippen LogP contribution in [0.5, 0.6) is 0 Å². The molecular formula is C11H12BrNO4. The fraction of sp³-hybridized carbons (Fsp3) is 0.364. The van der Waals surface area contributed by atoms with Crippen LogP contribution in [-0.4, -0.2) is 22.3 Å². The summed E-state index contributed by atoms with van der Waals surface area (Å²) >= 11 is 3.20. The Balaban J connectivity index is 2.71. The number of rotatable bonds is 5. The molecule has 92 valence electrons. The molecule has 0 aromatic heterocycles. The van der Waals surface area contributed by atoms with Crippen molar-refractivity contribution in [3.05, 3.63) is 39.9 Å². The molecule has 0 bridgehead atoms. The van der Waals surface area contributed by atoms with Gasteiger partial charge in [-0.05, 0) is 18.9 Å². The summed E-state index contributed by atoms with van der Waals surface area (Å²) in [6, 6.07) is 6.20. The van der Waals surface area contributed by atoms with E-state index >= 15 is 0 Å². The average Bonchev–Trinajstić information content (AvgIpc) is 2.29.